The molecule has 2 unspecified atom stereocenters. The number of aromatic nitrogens is 2. The second kappa shape index (κ2) is 4.13. The molecule has 0 bridgehead atoms. The van der Waals surface area contributed by atoms with E-state index in [0.29, 0.717) is 12.0 Å². The molecule has 3 nitrogen and oxygen atoms in total. The van der Waals surface area contributed by atoms with E-state index in [1.807, 2.05) is 12.4 Å². The van der Waals surface area contributed by atoms with E-state index in [-0.39, 0.29) is 0 Å². The summed E-state index contributed by atoms with van der Waals surface area (Å²) in [5.41, 5.74) is 0. The average Bonchev–Trinajstić information content (AvgIpc) is 2.65. The van der Waals surface area contributed by atoms with Gasteiger partial charge in [-0.15, -0.1) is 0 Å². The quantitative estimate of drug-likeness (QED) is 0.774. The van der Waals surface area contributed by atoms with Gasteiger partial charge in [0.1, 0.15) is 5.82 Å². The number of imidazole rings is 1. The average molecular weight is 193 g/mol. The first-order valence-corrected chi connectivity index (χ1v) is 5.45. The minimum atomic E-state index is 0.654. The summed E-state index contributed by atoms with van der Waals surface area (Å²) in [6.45, 7) is 0. The van der Waals surface area contributed by atoms with Gasteiger partial charge in [-0.1, -0.05) is 6.42 Å². The predicted molar refractivity (Wildman–Crippen MR) is 57.3 cm³/mol. The lowest BCUT2D eigenvalue weighted by Crippen LogP contribution is -2.31. The van der Waals surface area contributed by atoms with Crippen molar-refractivity contribution in [1.29, 1.82) is 0 Å². The molecule has 1 N–H and O–H groups in total. The van der Waals surface area contributed by atoms with Crippen LogP contribution in [-0.4, -0.2) is 22.6 Å². The van der Waals surface area contributed by atoms with Gasteiger partial charge >= 0.3 is 0 Å². The molecule has 1 heterocycles. The van der Waals surface area contributed by atoms with Crippen LogP contribution in [0.15, 0.2) is 12.4 Å². The van der Waals surface area contributed by atoms with E-state index in [1.165, 1.54) is 31.5 Å². The van der Waals surface area contributed by atoms with Crippen LogP contribution >= 0.6 is 0 Å². The van der Waals surface area contributed by atoms with E-state index in [0.717, 1.165) is 0 Å². The Labute approximate surface area is 85.5 Å². The number of nitrogens with one attached hydrogen (secondary N) is 1. The zero-order valence-corrected chi connectivity index (χ0v) is 9.03. The molecule has 1 saturated carbocycles. The van der Waals surface area contributed by atoms with E-state index in [2.05, 4.69) is 29.0 Å². The standard InChI is InChI=1S/C11H19N3/c1-12-10-5-3-4-9(8-10)11-13-6-7-14(11)2/h6-7,9-10,12H,3-5,8H2,1-2H3. The zero-order chi connectivity index (χ0) is 9.97. The second-order valence-corrected chi connectivity index (χ2v) is 4.25. The fourth-order valence-electron chi connectivity index (χ4n) is 2.46. The predicted octanol–water partition coefficient (Wildman–Crippen LogP) is 1.67. The first-order valence-electron chi connectivity index (χ1n) is 5.45. The SMILES string of the molecule is CNC1CCCC(c2nccn2C)C1. The van der Waals surface area contributed by atoms with Crippen LogP contribution < -0.4 is 5.32 Å². The van der Waals surface area contributed by atoms with Gasteiger partial charge in [0.15, 0.2) is 0 Å². The summed E-state index contributed by atoms with van der Waals surface area (Å²) >= 11 is 0. The molecular weight excluding hydrogens is 174 g/mol. The summed E-state index contributed by atoms with van der Waals surface area (Å²) in [7, 11) is 4.15. The van der Waals surface area contributed by atoms with Crippen LogP contribution in [0, 0.1) is 0 Å². The summed E-state index contributed by atoms with van der Waals surface area (Å²) in [5.74, 6) is 1.91. The molecule has 1 aliphatic carbocycles. The molecule has 2 rings (SSSR count). The fourth-order valence-corrected chi connectivity index (χ4v) is 2.46. The Bertz CT molecular complexity index is 292. The number of hydrogen-bond donors (Lipinski definition) is 1. The first kappa shape index (κ1) is 9.71. The number of hydrogen-bond acceptors (Lipinski definition) is 2. The van der Waals surface area contributed by atoms with E-state index < -0.39 is 0 Å². The fraction of sp³-hybridized carbons (Fsp3) is 0.727. The van der Waals surface area contributed by atoms with Gasteiger partial charge in [0, 0.05) is 31.4 Å². The van der Waals surface area contributed by atoms with Crippen molar-refractivity contribution in [1.82, 2.24) is 14.9 Å². The Morgan fingerprint density at radius 2 is 2.36 bits per heavy atom. The molecule has 0 saturated heterocycles. The molecule has 0 radical (unpaired) electrons. The molecule has 3 heteroatoms. The van der Waals surface area contributed by atoms with Crippen molar-refractivity contribution in [3.05, 3.63) is 18.2 Å². The van der Waals surface area contributed by atoms with Gasteiger partial charge in [0.05, 0.1) is 0 Å². The maximum Gasteiger partial charge on any atom is 0.111 e. The van der Waals surface area contributed by atoms with Gasteiger partial charge in [-0.05, 0) is 26.3 Å². The van der Waals surface area contributed by atoms with Crippen molar-refractivity contribution in [2.24, 2.45) is 7.05 Å². The number of aryl methyl sites for hydroxylation is 1. The third-order valence-electron chi connectivity index (χ3n) is 3.31. The lowest BCUT2D eigenvalue weighted by molar-refractivity contribution is 0.343. The molecule has 0 aromatic carbocycles. The van der Waals surface area contributed by atoms with Crippen LogP contribution in [0.4, 0.5) is 0 Å². The molecule has 1 fully saturated rings. The number of nitrogens with zero attached hydrogens (tertiary/aromatic N) is 2. The van der Waals surface area contributed by atoms with Crippen LogP contribution in [0.1, 0.15) is 37.4 Å². The van der Waals surface area contributed by atoms with Crippen molar-refractivity contribution < 1.29 is 0 Å². The highest BCUT2D eigenvalue weighted by Crippen LogP contribution is 2.31. The van der Waals surface area contributed by atoms with Crippen molar-refractivity contribution in [2.75, 3.05) is 7.05 Å². The molecule has 0 spiro atoms. The topological polar surface area (TPSA) is 29.9 Å². The highest BCUT2D eigenvalue weighted by atomic mass is 15.0. The van der Waals surface area contributed by atoms with Crippen molar-refractivity contribution in [3.8, 4) is 0 Å². The Morgan fingerprint density at radius 3 is 3.00 bits per heavy atom. The smallest absolute Gasteiger partial charge is 0.111 e. The van der Waals surface area contributed by atoms with Gasteiger partial charge in [0.2, 0.25) is 0 Å². The van der Waals surface area contributed by atoms with Crippen LogP contribution in [-0.2, 0) is 7.05 Å². The highest BCUT2D eigenvalue weighted by Gasteiger charge is 2.24. The van der Waals surface area contributed by atoms with Gasteiger partial charge in [-0.3, -0.25) is 0 Å². The molecule has 1 aliphatic rings. The third-order valence-corrected chi connectivity index (χ3v) is 3.31. The summed E-state index contributed by atoms with van der Waals surface area (Å²) < 4.78 is 2.16. The minimum absolute atomic E-state index is 0.654. The van der Waals surface area contributed by atoms with E-state index >= 15 is 0 Å². The van der Waals surface area contributed by atoms with E-state index in [9.17, 15) is 0 Å². The summed E-state index contributed by atoms with van der Waals surface area (Å²) in [4.78, 5) is 4.44. The summed E-state index contributed by atoms with van der Waals surface area (Å²) in [6.07, 6.45) is 9.11. The molecule has 0 amide bonds. The number of rotatable bonds is 2. The van der Waals surface area contributed by atoms with Gasteiger partial charge in [0.25, 0.3) is 0 Å². The Morgan fingerprint density at radius 1 is 1.50 bits per heavy atom. The summed E-state index contributed by atoms with van der Waals surface area (Å²) in [5, 5.41) is 3.38. The van der Waals surface area contributed by atoms with Crippen LogP contribution in [0.25, 0.3) is 0 Å². The Balaban J connectivity index is 2.08. The first-order chi connectivity index (χ1) is 6.81. The normalized spacial score (nSPS) is 27.9. The molecule has 1 aromatic rings. The van der Waals surface area contributed by atoms with Gasteiger partial charge in [-0.2, -0.15) is 0 Å². The zero-order valence-electron chi connectivity index (χ0n) is 9.03. The highest BCUT2D eigenvalue weighted by molar-refractivity contribution is 5.02. The van der Waals surface area contributed by atoms with E-state index in [1.54, 1.807) is 0 Å². The third kappa shape index (κ3) is 1.82. The van der Waals surface area contributed by atoms with Crippen LogP contribution in [0.3, 0.4) is 0 Å². The van der Waals surface area contributed by atoms with Crippen LogP contribution in [0.2, 0.25) is 0 Å². The molecular formula is C11H19N3. The monoisotopic (exact) mass is 193 g/mol. The maximum atomic E-state index is 4.44. The lowest BCUT2D eigenvalue weighted by Gasteiger charge is -2.28. The maximum absolute atomic E-state index is 4.44. The Kier molecular flexibility index (Phi) is 2.87. The molecule has 14 heavy (non-hydrogen) atoms. The van der Waals surface area contributed by atoms with E-state index in [4.69, 9.17) is 0 Å². The van der Waals surface area contributed by atoms with Crippen molar-refractivity contribution >= 4 is 0 Å². The second-order valence-electron chi connectivity index (χ2n) is 4.25. The van der Waals surface area contributed by atoms with Crippen molar-refractivity contribution in [2.45, 2.75) is 37.6 Å². The molecule has 1 aromatic heterocycles. The largest absolute Gasteiger partial charge is 0.338 e. The van der Waals surface area contributed by atoms with Crippen molar-refractivity contribution in [3.63, 3.8) is 0 Å². The molecule has 0 aliphatic heterocycles. The van der Waals surface area contributed by atoms with Gasteiger partial charge in [-0.25, -0.2) is 4.98 Å². The Hall–Kier alpha value is -0.830. The minimum Gasteiger partial charge on any atom is -0.338 e. The van der Waals surface area contributed by atoms with Crippen LogP contribution in [0.5, 0.6) is 0 Å². The molecule has 2 atom stereocenters. The summed E-state index contributed by atoms with van der Waals surface area (Å²) in [6, 6.07) is 0.686. The van der Waals surface area contributed by atoms with Gasteiger partial charge < -0.3 is 9.88 Å². The molecule has 78 valence electrons. The lowest BCUT2D eigenvalue weighted by atomic mass is 9.85.